The Morgan fingerprint density at radius 3 is 2.26 bits per heavy atom. The molecule has 9 heteroatoms. The number of amides is 3. The standard InChI is InChI=1S/C26H36ClN5O3/c1-20(2)29-26(34)32(18-22-5-3-21(17-28)4-6-22)16-13-30-11-14-31(15-12-30)25(33)19-35-24-9-7-23(27)8-10-24/h3-10,20H,11-19,28H2,1-2H3,(H,29,34). The monoisotopic (exact) mass is 501 g/mol. The van der Waals surface area contributed by atoms with Crippen molar-refractivity contribution in [2.24, 2.45) is 5.73 Å². The maximum absolute atomic E-state index is 12.8. The van der Waals surface area contributed by atoms with Gasteiger partial charge in [0.05, 0.1) is 0 Å². The minimum absolute atomic E-state index is 0.00767. The fourth-order valence-corrected chi connectivity index (χ4v) is 3.97. The zero-order valence-corrected chi connectivity index (χ0v) is 21.3. The molecule has 0 bridgehead atoms. The number of nitrogens with zero attached hydrogens (tertiary/aromatic N) is 3. The number of urea groups is 1. The van der Waals surface area contributed by atoms with Gasteiger partial charge in [0.1, 0.15) is 5.75 Å². The number of rotatable bonds is 10. The number of hydrogen-bond donors (Lipinski definition) is 2. The van der Waals surface area contributed by atoms with E-state index in [1.807, 2.05) is 47.9 Å². The highest BCUT2D eigenvalue weighted by Crippen LogP contribution is 2.16. The lowest BCUT2D eigenvalue weighted by Crippen LogP contribution is -2.52. The van der Waals surface area contributed by atoms with E-state index >= 15 is 0 Å². The molecule has 1 aliphatic rings. The molecule has 3 rings (SSSR count). The normalized spacial score (nSPS) is 14.1. The molecule has 2 aromatic carbocycles. The van der Waals surface area contributed by atoms with E-state index in [1.165, 1.54) is 0 Å². The third kappa shape index (κ3) is 8.72. The number of ether oxygens (including phenoxy) is 1. The van der Waals surface area contributed by atoms with Crippen LogP contribution < -0.4 is 15.8 Å². The first-order chi connectivity index (χ1) is 16.8. The molecule has 1 fully saturated rings. The fourth-order valence-electron chi connectivity index (χ4n) is 3.84. The Kier molecular flexibility index (Phi) is 10.2. The van der Waals surface area contributed by atoms with Crippen molar-refractivity contribution in [3.8, 4) is 5.75 Å². The van der Waals surface area contributed by atoms with Crippen LogP contribution >= 0.6 is 11.6 Å². The molecule has 3 amide bonds. The largest absolute Gasteiger partial charge is 0.484 e. The fraction of sp³-hybridized carbons (Fsp3) is 0.462. The van der Waals surface area contributed by atoms with Crippen LogP contribution in [0.5, 0.6) is 5.75 Å². The molecule has 1 saturated heterocycles. The van der Waals surface area contributed by atoms with Crippen LogP contribution in [0.2, 0.25) is 5.02 Å². The first-order valence-corrected chi connectivity index (χ1v) is 12.4. The van der Waals surface area contributed by atoms with Crippen molar-refractivity contribution in [3.05, 3.63) is 64.7 Å². The highest BCUT2D eigenvalue weighted by molar-refractivity contribution is 6.30. The third-order valence-electron chi connectivity index (χ3n) is 5.92. The summed E-state index contributed by atoms with van der Waals surface area (Å²) in [6.45, 7) is 9.11. The first kappa shape index (κ1) is 26.8. The summed E-state index contributed by atoms with van der Waals surface area (Å²) in [6, 6.07) is 15.0. The van der Waals surface area contributed by atoms with Gasteiger partial charge in [0.2, 0.25) is 0 Å². The molecule has 1 aliphatic heterocycles. The Bertz CT molecular complexity index is 944. The van der Waals surface area contributed by atoms with Crippen molar-refractivity contribution in [2.75, 3.05) is 45.9 Å². The third-order valence-corrected chi connectivity index (χ3v) is 6.17. The molecule has 35 heavy (non-hydrogen) atoms. The molecule has 0 aliphatic carbocycles. The number of halogens is 1. The molecule has 2 aromatic rings. The van der Waals surface area contributed by atoms with Crippen molar-refractivity contribution in [3.63, 3.8) is 0 Å². The molecule has 8 nitrogen and oxygen atoms in total. The minimum atomic E-state index is -0.0731. The lowest BCUT2D eigenvalue weighted by Gasteiger charge is -2.36. The number of benzene rings is 2. The van der Waals surface area contributed by atoms with E-state index in [-0.39, 0.29) is 24.6 Å². The topological polar surface area (TPSA) is 91.1 Å². The van der Waals surface area contributed by atoms with Crippen LogP contribution in [0.25, 0.3) is 0 Å². The number of nitrogens with one attached hydrogen (secondary N) is 1. The molecular weight excluding hydrogens is 466 g/mol. The molecule has 0 saturated carbocycles. The average molecular weight is 502 g/mol. The summed E-state index contributed by atoms with van der Waals surface area (Å²) in [7, 11) is 0. The van der Waals surface area contributed by atoms with E-state index < -0.39 is 0 Å². The first-order valence-electron chi connectivity index (χ1n) is 12.1. The summed E-state index contributed by atoms with van der Waals surface area (Å²) in [4.78, 5) is 31.3. The second kappa shape index (κ2) is 13.3. The van der Waals surface area contributed by atoms with Gasteiger partial charge in [0.25, 0.3) is 5.91 Å². The number of carbonyl (C=O) groups excluding carboxylic acids is 2. The molecule has 0 spiro atoms. The molecule has 0 atom stereocenters. The number of piperazine rings is 1. The summed E-state index contributed by atoms with van der Waals surface area (Å²) in [6.07, 6.45) is 0. The Morgan fingerprint density at radius 2 is 1.66 bits per heavy atom. The summed E-state index contributed by atoms with van der Waals surface area (Å²) in [5.41, 5.74) is 7.83. The molecular formula is C26H36ClN5O3. The molecule has 0 aromatic heterocycles. The van der Waals surface area contributed by atoms with Crippen molar-refractivity contribution in [1.29, 1.82) is 0 Å². The van der Waals surface area contributed by atoms with Gasteiger partial charge in [-0.3, -0.25) is 9.69 Å². The molecule has 3 N–H and O–H groups in total. The molecule has 1 heterocycles. The van der Waals surface area contributed by atoms with E-state index in [1.54, 1.807) is 24.3 Å². The predicted molar refractivity (Wildman–Crippen MR) is 138 cm³/mol. The lowest BCUT2D eigenvalue weighted by atomic mass is 10.1. The Morgan fingerprint density at radius 1 is 1.03 bits per heavy atom. The van der Waals surface area contributed by atoms with Crippen LogP contribution in [0.3, 0.4) is 0 Å². The van der Waals surface area contributed by atoms with Gasteiger partial charge in [-0.2, -0.15) is 0 Å². The smallest absolute Gasteiger partial charge is 0.317 e. The van der Waals surface area contributed by atoms with Gasteiger partial charge in [-0.25, -0.2) is 4.79 Å². The van der Waals surface area contributed by atoms with Crippen LogP contribution in [0, 0.1) is 0 Å². The van der Waals surface area contributed by atoms with Crippen LogP contribution in [0.1, 0.15) is 25.0 Å². The minimum Gasteiger partial charge on any atom is -0.484 e. The van der Waals surface area contributed by atoms with E-state index in [9.17, 15) is 9.59 Å². The summed E-state index contributed by atoms with van der Waals surface area (Å²) >= 11 is 5.88. The Balaban J connectivity index is 1.46. The van der Waals surface area contributed by atoms with E-state index in [4.69, 9.17) is 22.1 Å². The van der Waals surface area contributed by atoms with Gasteiger partial charge in [-0.15, -0.1) is 0 Å². The van der Waals surface area contributed by atoms with Crippen molar-refractivity contribution < 1.29 is 14.3 Å². The molecule has 0 radical (unpaired) electrons. The van der Waals surface area contributed by atoms with E-state index in [2.05, 4.69) is 10.2 Å². The molecule has 0 unspecified atom stereocenters. The Hall–Kier alpha value is -2.81. The van der Waals surface area contributed by atoms with E-state index in [0.29, 0.717) is 43.5 Å². The van der Waals surface area contributed by atoms with Crippen molar-refractivity contribution >= 4 is 23.5 Å². The molecule has 190 valence electrons. The van der Waals surface area contributed by atoms with E-state index in [0.717, 1.165) is 30.8 Å². The van der Waals surface area contributed by atoms with Gasteiger partial charge < -0.3 is 25.6 Å². The summed E-state index contributed by atoms with van der Waals surface area (Å²) in [5, 5.41) is 3.63. The van der Waals surface area contributed by atoms with Crippen molar-refractivity contribution in [2.45, 2.75) is 33.0 Å². The van der Waals surface area contributed by atoms with Crippen LogP contribution in [-0.4, -0.2) is 78.6 Å². The quantitative estimate of drug-likeness (QED) is 0.522. The number of hydrogen-bond acceptors (Lipinski definition) is 5. The second-order valence-electron chi connectivity index (χ2n) is 9.01. The van der Waals surface area contributed by atoms with Gasteiger partial charge in [-0.1, -0.05) is 35.9 Å². The van der Waals surface area contributed by atoms with Gasteiger partial charge >= 0.3 is 6.03 Å². The van der Waals surface area contributed by atoms with Gasteiger partial charge in [0.15, 0.2) is 6.61 Å². The highest BCUT2D eigenvalue weighted by Gasteiger charge is 2.23. The lowest BCUT2D eigenvalue weighted by molar-refractivity contribution is -0.135. The van der Waals surface area contributed by atoms with Gasteiger partial charge in [-0.05, 0) is 49.2 Å². The van der Waals surface area contributed by atoms with Crippen LogP contribution in [-0.2, 0) is 17.9 Å². The summed E-state index contributed by atoms with van der Waals surface area (Å²) < 4.78 is 5.59. The Labute approximate surface area is 213 Å². The zero-order chi connectivity index (χ0) is 25.2. The number of carbonyl (C=O) groups is 2. The number of nitrogens with two attached hydrogens (primary N) is 1. The maximum Gasteiger partial charge on any atom is 0.317 e. The maximum atomic E-state index is 12.8. The SMILES string of the molecule is CC(C)NC(=O)N(CCN1CCN(C(=O)COc2ccc(Cl)cc2)CC1)Cc1ccc(CN)cc1. The predicted octanol–water partition coefficient (Wildman–Crippen LogP) is 2.94. The average Bonchev–Trinajstić information content (AvgIpc) is 2.86. The van der Waals surface area contributed by atoms with Gasteiger partial charge in [0, 0.05) is 63.4 Å². The highest BCUT2D eigenvalue weighted by atomic mass is 35.5. The summed E-state index contributed by atoms with van der Waals surface area (Å²) in [5.74, 6) is 0.595. The second-order valence-corrected chi connectivity index (χ2v) is 9.45. The van der Waals surface area contributed by atoms with Crippen molar-refractivity contribution in [1.82, 2.24) is 20.0 Å². The van der Waals surface area contributed by atoms with Crippen LogP contribution in [0.4, 0.5) is 4.79 Å². The van der Waals surface area contributed by atoms with Crippen LogP contribution in [0.15, 0.2) is 48.5 Å². The zero-order valence-electron chi connectivity index (χ0n) is 20.6.